The molecule has 0 spiro atoms. The minimum absolute atomic E-state index is 0.118. The number of halogens is 2. The molecule has 0 aliphatic heterocycles. The first-order valence-corrected chi connectivity index (χ1v) is 7.01. The van der Waals surface area contributed by atoms with Crippen molar-refractivity contribution in [3.05, 3.63) is 56.1 Å². The van der Waals surface area contributed by atoms with Crippen LogP contribution in [-0.2, 0) is 6.54 Å². The van der Waals surface area contributed by atoms with Gasteiger partial charge in [-0.2, -0.15) is 0 Å². The molecule has 1 amide bonds. The summed E-state index contributed by atoms with van der Waals surface area (Å²) in [5, 5.41) is 2.80. The molecule has 7 heteroatoms. The van der Waals surface area contributed by atoms with Gasteiger partial charge in [-0.3, -0.25) is 9.59 Å². The second-order valence-electron chi connectivity index (χ2n) is 3.99. The minimum atomic E-state index is -0.384. The molecule has 2 heterocycles. The number of amides is 1. The van der Waals surface area contributed by atoms with Crippen molar-refractivity contribution < 1.29 is 4.79 Å². The zero-order valence-corrected chi connectivity index (χ0v) is 12.9. The summed E-state index contributed by atoms with van der Waals surface area (Å²) in [6, 6.07) is 4.53. The fourth-order valence-electron chi connectivity index (χ4n) is 1.63. The van der Waals surface area contributed by atoms with E-state index in [1.807, 2.05) is 6.92 Å². The largest absolute Gasteiger partial charge is 0.321 e. The molecule has 0 aromatic carbocycles. The highest BCUT2D eigenvalue weighted by molar-refractivity contribution is 9.10. The van der Waals surface area contributed by atoms with Crippen molar-refractivity contribution in [1.82, 2.24) is 9.55 Å². The number of rotatable bonds is 3. The van der Waals surface area contributed by atoms with Gasteiger partial charge in [0, 0.05) is 29.5 Å². The average Bonchev–Trinajstić information content (AvgIpc) is 2.43. The van der Waals surface area contributed by atoms with Gasteiger partial charge in [-0.05, 0) is 35.0 Å². The van der Waals surface area contributed by atoms with Crippen LogP contribution in [0.15, 0.2) is 39.9 Å². The lowest BCUT2D eigenvalue weighted by Gasteiger charge is -2.08. The van der Waals surface area contributed by atoms with E-state index < -0.39 is 0 Å². The summed E-state index contributed by atoms with van der Waals surface area (Å²) in [6.07, 6.45) is 3.09. The molecule has 0 aliphatic carbocycles. The summed E-state index contributed by atoms with van der Waals surface area (Å²) in [6.45, 7) is 2.38. The molecule has 0 fully saturated rings. The van der Waals surface area contributed by atoms with Crippen LogP contribution in [0, 0.1) is 0 Å². The number of hydrogen-bond donors (Lipinski definition) is 1. The Balaban J connectivity index is 2.28. The zero-order chi connectivity index (χ0) is 14.7. The second kappa shape index (κ2) is 6.19. The topological polar surface area (TPSA) is 64.0 Å². The third kappa shape index (κ3) is 3.26. The molecule has 1 N–H and O–H groups in total. The number of carbonyl (C=O) groups is 1. The highest BCUT2D eigenvalue weighted by Crippen LogP contribution is 2.19. The lowest BCUT2D eigenvalue weighted by Crippen LogP contribution is -2.20. The Labute approximate surface area is 128 Å². The van der Waals surface area contributed by atoms with Gasteiger partial charge in [0.25, 0.3) is 11.5 Å². The van der Waals surface area contributed by atoms with Crippen molar-refractivity contribution in [3.63, 3.8) is 0 Å². The molecule has 104 valence electrons. The zero-order valence-electron chi connectivity index (χ0n) is 10.6. The quantitative estimate of drug-likeness (QED) is 0.860. The van der Waals surface area contributed by atoms with Gasteiger partial charge in [0.05, 0.1) is 11.3 Å². The molecule has 2 rings (SSSR count). The van der Waals surface area contributed by atoms with Gasteiger partial charge >= 0.3 is 0 Å². The van der Waals surface area contributed by atoms with E-state index in [4.69, 9.17) is 11.6 Å². The summed E-state index contributed by atoms with van der Waals surface area (Å²) in [7, 11) is 0. The summed E-state index contributed by atoms with van der Waals surface area (Å²) in [5.74, 6) is -0.384. The number of nitrogens with one attached hydrogen (secondary N) is 1. The minimum Gasteiger partial charge on any atom is -0.321 e. The van der Waals surface area contributed by atoms with E-state index in [0.717, 1.165) is 0 Å². The molecule has 0 saturated heterocycles. The summed E-state index contributed by atoms with van der Waals surface area (Å²) < 4.78 is 2.15. The van der Waals surface area contributed by atoms with Crippen molar-refractivity contribution in [3.8, 4) is 0 Å². The standard InChI is InChI=1S/C13H11BrClN3O2/c1-2-18-7-9(3-4-11(18)19)17-13(20)10-5-8(14)6-16-12(10)15/h3-7H,2H2,1H3,(H,17,20). The number of anilines is 1. The van der Waals surface area contributed by atoms with Gasteiger partial charge in [0.1, 0.15) is 5.15 Å². The maximum Gasteiger partial charge on any atom is 0.258 e. The van der Waals surface area contributed by atoms with Crippen molar-refractivity contribution in [2.24, 2.45) is 0 Å². The second-order valence-corrected chi connectivity index (χ2v) is 5.26. The van der Waals surface area contributed by atoms with Crippen LogP contribution in [0.3, 0.4) is 0 Å². The van der Waals surface area contributed by atoms with Crippen LogP contribution in [0.4, 0.5) is 5.69 Å². The lowest BCUT2D eigenvalue weighted by atomic mass is 10.2. The first kappa shape index (κ1) is 14.7. The SMILES string of the molecule is CCn1cc(NC(=O)c2cc(Br)cnc2Cl)ccc1=O. The van der Waals surface area contributed by atoms with Crippen LogP contribution in [0.25, 0.3) is 0 Å². The summed E-state index contributed by atoms with van der Waals surface area (Å²) >= 11 is 9.13. The van der Waals surface area contributed by atoms with E-state index in [-0.39, 0.29) is 22.2 Å². The van der Waals surface area contributed by atoms with Crippen LogP contribution in [0.2, 0.25) is 5.15 Å². The van der Waals surface area contributed by atoms with Crippen LogP contribution >= 0.6 is 27.5 Å². The Morgan fingerprint density at radius 3 is 2.95 bits per heavy atom. The van der Waals surface area contributed by atoms with E-state index in [1.165, 1.54) is 16.8 Å². The van der Waals surface area contributed by atoms with Crippen molar-refractivity contribution >= 4 is 39.1 Å². The third-order valence-corrected chi connectivity index (χ3v) is 3.37. The molecular formula is C13H11BrClN3O2. The molecule has 0 aliphatic rings. The highest BCUT2D eigenvalue weighted by atomic mass is 79.9. The molecule has 5 nitrogen and oxygen atoms in total. The molecule has 20 heavy (non-hydrogen) atoms. The molecule has 0 radical (unpaired) electrons. The molecule has 2 aromatic heterocycles. The number of nitrogens with zero attached hydrogens (tertiary/aromatic N) is 2. The molecule has 0 atom stereocenters. The predicted octanol–water partition coefficient (Wildman–Crippen LogP) is 2.93. The van der Waals surface area contributed by atoms with Crippen molar-refractivity contribution in [2.45, 2.75) is 13.5 Å². The summed E-state index contributed by atoms with van der Waals surface area (Å²) in [5.41, 5.74) is 0.662. The number of pyridine rings is 2. The molecular weight excluding hydrogens is 346 g/mol. The number of hydrogen-bond acceptors (Lipinski definition) is 3. The van der Waals surface area contributed by atoms with Crippen LogP contribution < -0.4 is 10.9 Å². The van der Waals surface area contributed by atoms with Gasteiger partial charge < -0.3 is 9.88 Å². The van der Waals surface area contributed by atoms with E-state index in [2.05, 4.69) is 26.2 Å². The number of aromatic nitrogens is 2. The Kier molecular flexibility index (Phi) is 4.57. The number of aryl methyl sites for hydroxylation is 1. The first-order chi connectivity index (χ1) is 9.51. The predicted molar refractivity (Wildman–Crippen MR) is 81.3 cm³/mol. The normalized spacial score (nSPS) is 10.3. The first-order valence-electron chi connectivity index (χ1n) is 5.84. The fraction of sp³-hybridized carbons (Fsp3) is 0.154. The lowest BCUT2D eigenvalue weighted by molar-refractivity contribution is 0.102. The van der Waals surface area contributed by atoms with E-state index >= 15 is 0 Å². The maximum atomic E-state index is 12.1. The maximum absolute atomic E-state index is 12.1. The Hall–Kier alpha value is -1.66. The van der Waals surface area contributed by atoms with Gasteiger partial charge in [-0.25, -0.2) is 4.98 Å². The number of carbonyl (C=O) groups excluding carboxylic acids is 1. The average molecular weight is 357 g/mol. The monoisotopic (exact) mass is 355 g/mol. The van der Waals surface area contributed by atoms with Crippen LogP contribution in [-0.4, -0.2) is 15.5 Å². The Bertz CT molecular complexity index is 715. The van der Waals surface area contributed by atoms with E-state index in [9.17, 15) is 9.59 Å². The smallest absolute Gasteiger partial charge is 0.258 e. The van der Waals surface area contributed by atoms with E-state index in [1.54, 1.807) is 18.3 Å². The van der Waals surface area contributed by atoms with Crippen LogP contribution in [0.1, 0.15) is 17.3 Å². The third-order valence-electron chi connectivity index (χ3n) is 2.63. The van der Waals surface area contributed by atoms with Crippen molar-refractivity contribution in [2.75, 3.05) is 5.32 Å². The summed E-state index contributed by atoms with van der Waals surface area (Å²) in [4.78, 5) is 27.5. The van der Waals surface area contributed by atoms with Gasteiger partial charge in [-0.15, -0.1) is 0 Å². The molecule has 0 saturated carbocycles. The molecule has 0 unspecified atom stereocenters. The van der Waals surface area contributed by atoms with Gasteiger partial charge in [-0.1, -0.05) is 11.6 Å². The fourth-order valence-corrected chi connectivity index (χ4v) is 2.15. The Morgan fingerprint density at radius 2 is 2.25 bits per heavy atom. The highest BCUT2D eigenvalue weighted by Gasteiger charge is 2.12. The van der Waals surface area contributed by atoms with Gasteiger partial charge in [0.2, 0.25) is 0 Å². The van der Waals surface area contributed by atoms with Crippen LogP contribution in [0.5, 0.6) is 0 Å². The molecule has 2 aromatic rings. The Morgan fingerprint density at radius 1 is 1.50 bits per heavy atom. The molecule has 0 bridgehead atoms. The van der Waals surface area contributed by atoms with Gasteiger partial charge in [0.15, 0.2) is 0 Å². The van der Waals surface area contributed by atoms with E-state index in [0.29, 0.717) is 16.7 Å². The van der Waals surface area contributed by atoms with Crippen molar-refractivity contribution in [1.29, 1.82) is 0 Å².